The SMILES string of the molecule is C[C@@H]1C[C@H]2[C@@H]3CCC4=CC(=O)C=C[C@]4(C)[C@@]3(F)[C@@H](O)C[C@]2(C)[C@@]1(O)C(=O)COC(=O)CCC(=O)OCC(=O)[C@]1(O)[C@@H](C)C[C@@H]2[C@H]3CCC4=CC(=O)C=C[C@@]4(C)[C@]3(F)[C@H](O)C[C@]21C. The number of ether oxygens (including phenoxy) is 2. The summed E-state index contributed by atoms with van der Waals surface area (Å²) in [5, 5.41) is 47.6. The van der Waals surface area contributed by atoms with Crippen molar-refractivity contribution in [1.29, 1.82) is 0 Å². The van der Waals surface area contributed by atoms with E-state index in [0.29, 0.717) is 36.8 Å². The van der Waals surface area contributed by atoms with Crippen LogP contribution in [0, 0.1) is 57.2 Å². The number of aliphatic hydroxyl groups excluding tert-OH is 2. The van der Waals surface area contributed by atoms with Crippen molar-refractivity contribution >= 4 is 35.1 Å². The van der Waals surface area contributed by atoms with Gasteiger partial charge < -0.3 is 29.9 Å². The van der Waals surface area contributed by atoms with E-state index in [2.05, 4.69) is 0 Å². The monoisotopic (exact) mass is 866 g/mol. The van der Waals surface area contributed by atoms with Crippen LogP contribution in [0.1, 0.15) is 106 Å². The van der Waals surface area contributed by atoms with Crippen molar-refractivity contribution < 1.29 is 67.4 Å². The summed E-state index contributed by atoms with van der Waals surface area (Å²) in [4.78, 5) is 77.8. The van der Waals surface area contributed by atoms with Gasteiger partial charge in [-0.05, 0) is 113 Å². The average Bonchev–Trinajstić information content (AvgIpc) is 3.54. The molecule has 6 fully saturated rings. The van der Waals surface area contributed by atoms with Gasteiger partial charge in [-0.25, -0.2) is 8.78 Å². The smallest absolute Gasteiger partial charge is 0.306 e. The summed E-state index contributed by atoms with van der Waals surface area (Å²) in [6, 6.07) is 0. The molecular formula is C48H60F2O12. The standard InChI is InChI=1S/C48H60F2O12/c1-25-17-33-31-9-7-27-19-29(51)13-15-41(27,3)45(31,49)35(53)21-43(33,5)47(25,59)37(55)23-61-39(57)11-12-40(58)62-24-38(56)48(60)26(2)18-34-32-10-8-28-20-30(52)14-16-42(28,4)46(32,50)36(54)22-44(34,48)6/h13-16,19-20,25-26,31-36,53-54,59-60H,7-12,17-18,21-24H2,1-6H3/t25-,26+,31+,32-,33+,34-,35+,36-,41+,42-,43+,44-,45+,46-,47+,48-. The van der Waals surface area contributed by atoms with E-state index in [1.54, 1.807) is 41.5 Å². The number of hydrogen-bond donors (Lipinski definition) is 4. The molecule has 0 saturated heterocycles. The lowest BCUT2D eigenvalue weighted by atomic mass is 9.44. The molecule has 0 aromatic rings. The highest BCUT2D eigenvalue weighted by Gasteiger charge is 2.77. The van der Waals surface area contributed by atoms with Gasteiger partial charge in [-0.2, -0.15) is 0 Å². The summed E-state index contributed by atoms with van der Waals surface area (Å²) in [5.74, 6) is -7.87. The first-order chi connectivity index (χ1) is 28.8. The Balaban J connectivity index is 0.867. The van der Waals surface area contributed by atoms with Gasteiger partial charge in [0.15, 0.2) is 36.1 Å². The molecule has 0 heterocycles. The van der Waals surface area contributed by atoms with E-state index in [0.717, 1.165) is 0 Å². The van der Waals surface area contributed by atoms with E-state index >= 15 is 8.78 Å². The minimum Gasteiger partial charge on any atom is -0.458 e. The number of ketones is 4. The summed E-state index contributed by atoms with van der Waals surface area (Å²) in [6.07, 6.45) is 5.88. The average molecular weight is 867 g/mol. The molecular weight excluding hydrogens is 807 g/mol. The van der Waals surface area contributed by atoms with Gasteiger partial charge in [0.25, 0.3) is 0 Å². The minimum atomic E-state index is -2.15. The molecule has 0 amide bonds. The number of alkyl halides is 2. The van der Waals surface area contributed by atoms with E-state index < -0.39 is 141 Å². The first-order valence-electron chi connectivity index (χ1n) is 22.3. The van der Waals surface area contributed by atoms with Crippen LogP contribution in [0.2, 0.25) is 0 Å². The highest BCUT2D eigenvalue weighted by atomic mass is 19.1. The lowest BCUT2D eigenvalue weighted by Gasteiger charge is -2.62. The number of aliphatic hydroxyl groups is 4. The number of Topliss-reactive ketones (excluding diaryl/α,β-unsaturated/α-hetero) is 2. The highest BCUT2D eigenvalue weighted by molar-refractivity contribution is 6.02. The summed E-state index contributed by atoms with van der Waals surface area (Å²) in [6.45, 7) is 8.38. The molecule has 8 aliphatic rings. The van der Waals surface area contributed by atoms with Gasteiger partial charge in [-0.3, -0.25) is 28.8 Å². The molecule has 62 heavy (non-hydrogen) atoms. The molecule has 338 valence electrons. The largest absolute Gasteiger partial charge is 0.458 e. The maximum Gasteiger partial charge on any atom is 0.306 e. The lowest BCUT2D eigenvalue weighted by Crippen LogP contribution is -2.69. The fourth-order valence-electron chi connectivity index (χ4n) is 15.1. The molecule has 0 aromatic carbocycles. The second kappa shape index (κ2) is 14.4. The van der Waals surface area contributed by atoms with Gasteiger partial charge in [-0.1, -0.05) is 51.0 Å². The third-order valence-corrected chi connectivity index (χ3v) is 18.6. The first kappa shape index (κ1) is 44.9. The number of esters is 2. The Labute approximate surface area is 360 Å². The number of rotatable bonds is 9. The summed E-state index contributed by atoms with van der Waals surface area (Å²) in [7, 11) is 0. The first-order valence-corrected chi connectivity index (χ1v) is 22.3. The molecule has 16 atom stereocenters. The number of hydrogen-bond acceptors (Lipinski definition) is 12. The molecule has 14 heteroatoms. The molecule has 0 spiro atoms. The predicted octanol–water partition coefficient (Wildman–Crippen LogP) is 4.69. The Morgan fingerprint density at radius 2 is 1.00 bits per heavy atom. The number of fused-ring (bicyclic) bond motifs is 10. The Kier molecular flexibility index (Phi) is 10.4. The number of carbonyl (C=O) groups is 6. The second-order valence-corrected chi connectivity index (χ2v) is 21.0. The summed E-state index contributed by atoms with van der Waals surface area (Å²) in [5.41, 5.74) is -12.3. The Morgan fingerprint density at radius 3 is 1.35 bits per heavy atom. The molecule has 8 aliphatic carbocycles. The highest BCUT2D eigenvalue weighted by Crippen LogP contribution is 2.72. The molecule has 0 aromatic heterocycles. The zero-order valence-electron chi connectivity index (χ0n) is 36.4. The summed E-state index contributed by atoms with van der Waals surface area (Å²) < 4.78 is 45.5. The third-order valence-electron chi connectivity index (χ3n) is 18.6. The number of halogens is 2. The van der Waals surface area contributed by atoms with Crippen LogP contribution in [0.15, 0.2) is 47.6 Å². The van der Waals surface area contributed by atoms with Gasteiger partial charge in [0.1, 0.15) is 11.2 Å². The fraction of sp³-hybridized carbons (Fsp3) is 0.708. The maximum atomic E-state index is 17.5. The van der Waals surface area contributed by atoms with Crippen LogP contribution >= 0.6 is 0 Å². The van der Waals surface area contributed by atoms with Crippen LogP contribution < -0.4 is 0 Å². The molecule has 4 N–H and O–H groups in total. The molecule has 6 saturated carbocycles. The van der Waals surface area contributed by atoms with Crippen LogP contribution in [0.4, 0.5) is 8.78 Å². The zero-order chi connectivity index (χ0) is 45.4. The quantitative estimate of drug-likeness (QED) is 0.234. The summed E-state index contributed by atoms with van der Waals surface area (Å²) >= 11 is 0. The van der Waals surface area contributed by atoms with Crippen molar-refractivity contribution in [1.82, 2.24) is 0 Å². The second-order valence-electron chi connectivity index (χ2n) is 21.0. The Morgan fingerprint density at radius 1 is 0.645 bits per heavy atom. The maximum absolute atomic E-state index is 17.5. The van der Waals surface area contributed by atoms with Crippen molar-refractivity contribution in [2.75, 3.05) is 13.2 Å². The van der Waals surface area contributed by atoms with E-state index in [9.17, 15) is 49.2 Å². The van der Waals surface area contributed by atoms with Gasteiger partial charge >= 0.3 is 11.9 Å². The van der Waals surface area contributed by atoms with Crippen LogP contribution in [0.3, 0.4) is 0 Å². The fourth-order valence-corrected chi connectivity index (χ4v) is 15.1. The topological polar surface area (TPSA) is 202 Å². The van der Waals surface area contributed by atoms with Crippen LogP contribution in [0.5, 0.6) is 0 Å². The number of allylic oxidation sites excluding steroid dienone is 8. The minimum absolute atomic E-state index is 0.240. The normalized spacial score (nSPS) is 48.6. The van der Waals surface area contributed by atoms with Crippen molar-refractivity contribution in [3.8, 4) is 0 Å². The predicted molar refractivity (Wildman–Crippen MR) is 217 cm³/mol. The lowest BCUT2D eigenvalue weighted by molar-refractivity contribution is -0.220. The van der Waals surface area contributed by atoms with E-state index in [1.165, 1.54) is 36.5 Å². The molecule has 8 rings (SSSR count). The van der Waals surface area contributed by atoms with Gasteiger partial charge in [0, 0.05) is 33.5 Å². The van der Waals surface area contributed by atoms with E-state index in [1.807, 2.05) is 0 Å². The van der Waals surface area contributed by atoms with Crippen molar-refractivity contribution in [2.45, 2.75) is 140 Å². The van der Waals surface area contributed by atoms with Gasteiger partial charge in [0.05, 0.1) is 25.0 Å². The molecule has 0 bridgehead atoms. The molecule has 0 radical (unpaired) electrons. The van der Waals surface area contributed by atoms with Crippen molar-refractivity contribution in [3.63, 3.8) is 0 Å². The molecule has 0 aliphatic heterocycles. The van der Waals surface area contributed by atoms with Crippen LogP contribution in [0.25, 0.3) is 0 Å². The Bertz CT molecular complexity index is 2000. The molecule has 12 nitrogen and oxygen atoms in total. The van der Waals surface area contributed by atoms with Crippen molar-refractivity contribution in [3.05, 3.63) is 47.6 Å². The molecule has 0 unspecified atom stereocenters. The van der Waals surface area contributed by atoms with Gasteiger partial charge in [0.2, 0.25) is 11.6 Å². The van der Waals surface area contributed by atoms with Crippen LogP contribution in [-0.2, 0) is 38.2 Å². The third kappa shape index (κ3) is 5.60. The van der Waals surface area contributed by atoms with E-state index in [-0.39, 0.29) is 37.2 Å². The van der Waals surface area contributed by atoms with E-state index in [4.69, 9.17) is 9.47 Å². The Hall–Kier alpha value is -3.72. The number of carbonyl (C=O) groups excluding carboxylic acids is 6. The van der Waals surface area contributed by atoms with Crippen LogP contribution in [-0.4, -0.2) is 103 Å². The van der Waals surface area contributed by atoms with Crippen molar-refractivity contribution in [2.24, 2.45) is 57.2 Å². The van der Waals surface area contributed by atoms with Gasteiger partial charge in [-0.15, -0.1) is 0 Å². The zero-order valence-corrected chi connectivity index (χ0v) is 36.4.